The number of rotatable bonds is 6. The van der Waals surface area contributed by atoms with Gasteiger partial charge in [0.1, 0.15) is 5.69 Å². The van der Waals surface area contributed by atoms with Crippen LogP contribution in [0.4, 0.5) is 0 Å². The van der Waals surface area contributed by atoms with E-state index in [2.05, 4.69) is 5.10 Å². The van der Waals surface area contributed by atoms with Gasteiger partial charge in [-0.3, -0.25) is 9.48 Å². The maximum absolute atomic E-state index is 12.1. The molecule has 96 valence electrons. The molecule has 1 aromatic heterocycles. The van der Waals surface area contributed by atoms with E-state index in [1.54, 1.807) is 11.8 Å². The Hall–Kier alpha value is -1.16. The Morgan fingerprint density at radius 3 is 2.71 bits per heavy atom. The molecule has 0 atom stereocenters. The van der Waals surface area contributed by atoms with Crippen molar-refractivity contribution in [3.63, 3.8) is 0 Å². The van der Waals surface area contributed by atoms with Gasteiger partial charge in [-0.1, -0.05) is 0 Å². The molecule has 0 N–H and O–H groups in total. The molecule has 1 heterocycles. The van der Waals surface area contributed by atoms with Crippen LogP contribution >= 0.6 is 0 Å². The highest BCUT2D eigenvalue weighted by Gasteiger charge is 2.20. The van der Waals surface area contributed by atoms with Gasteiger partial charge in [-0.15, -0.1) is 0 Å². The van der Waals surface area contributed by atoms with E-state index in [1.807, 2.05) is 33.8 Å². The molecule has 0 bridgehead atoms. The van der Waals surface area contributed by atoms with Crippen LogP contribution in [0.3, 0.4) is 0 Å². The number of Topliss-reactive ketones (excluding diaryl/α,β-unsaturated/α-hetero) is 1. The van der Waals surface area contributed by atoms with E-state index in [9.17, 15) is 4.79 Å². The van der Waals surface area contributed by atoms with Crippen LogP contribution < -0.4 is 0 Å². The van der Waals surface area contributed by atoms with Crippen molar-refractivity contribution in [1.82, 2.24) is 9.78 Å². The van der Waals surface area contributed by atoms with Gasteiger partial charge in [0.2, 0.25) is 0 Å². The van der Waals surface area contributed by atoms with Gasteiger partial charge in [-0.05, 0) is 40.2 Å². The fourth-order valence-corrected chi connectivity index (χ4v) is 1.66. The molecule has 0 saturated heterocycles. The first-order chi connectivity index (χ1) is 7.89. The molecule has 0 unspecified atom stereocenters. The standard InChI is InChI=1S/C13H22N2O2/c1-6-15-11(9-10(2)14-15)12(16)7-8-13(3,4)17-5/h9H,6-8H2,1-5H3. The number of aromatic nitrogens is 2. The molecule has 0 aliphatic carbocycles. The average molecular weight is 238 g/mol. The molecule has 0 aliphatic rings. The Morgan fingerprint density at radius 1 is 1.53 bits per heavy atom. The molecule has 1 aromatic rings. The Kier molecular flexibility index (Phi) is 4.46. The number of hydrogen-bond donors (Lipinski definition) is 0. The summed E-state index contributed by atoms with van der Waals surface area (Å²) in [5, 5.41) is 4.28. The monoisotopic (exact) mass is 238 g/mol. The second-order valence-corrected chi connectivity index (χ2v) is 4.87. The van der Waals surface area contributed by atoms with Gasteiger partial charge in [0.05, 0.1) is 11.3 Å². The van der Waals surface area contributed by atoms with Gasteiger partial charge in [0.15, 0.2) is 5.78 Å². The molecule has 0 aliphatic heterocycles. The Morgan fingerprint density at radius 2 is 2.18 bits per heavy atom. The molecule has 4 nitrogen and oxygen atoms in total. The molecule has 0 saturated carbocycles. The van der Waals surface area contributed by atoms with Crippen molar-refractivity contribution in [3.05, 3.63) is 17.5 Å². The third-order valence-corrected chi connectivity index (χ3v) is 2.99. The van der Waals surface area contributed by atoms with Crippen molar-refractivity contribution < 1.29 is 9.53 Å². The Balaban J connectivity index is 2.70. The molecule has 1 rings (SSSR count). The molecule has 0 amide bonds. The minimum Gasteiger partial charge on any atom is -0.379 e. The smallest absolute Gasteiger partial charge is 0.180 e. The normalized spacial score (nSPS) is 11.8. The zero-order valence-electron chi connectivity index (χ0n) is 11.4. The number of aryl methyl sites for hydroxylation is 2. The molecular weight excluding hydrogens is 216 g/mol. The minimum absolute atomic E-state index is 0.137. The first-order valence-corrected chi connectivity index (χ1v) is 6.02. The van der Waals surface area contributed by atoms with Crippen molar-refractivity contribution in [2.45, 2.75) is 52.7 Å². The summed E-state index contributed by atoms with van der Waals surface area (Å²) >= 11 is 0. The lowest BCUT2D eigenvalue weighted by molar-refractivity contribution is 0.0141. The number of nitrogens with zero attached hydrogens (tertiary/aromatic N) is 2. The summed E-state index contributed by atoms with van der Waals surface area (Å²) in [6, 6.07) is 1.85. The summed E-state index contributed by atoms with van der Waals surface area (Å²) in [5.74, 6) is 0.137. The van der Waals surface area contributed by atoms with Crippen LogP contribution in [-0.4, -0.2) is 28.3 Å². The van der Waals surface area contributed by atoms with Gasteiger partial charge in [-0.2, -0.15) is 5.10 Å². The van der Waals surface area contributed by atoms with Crippen molar-refractivity contribution in [2.75, 3.05) is 7.11 Å². The molecular formula is C13H22N2O2. The van der Waals surface area contributed by atoms with Gasteiger partial charge in [0, 0.05) is 20.1 Å². The van der Waals surface area contributed by atoms with E-state index in [-0.39, 0.29) is 11.4 Å². The molecule has 17 heavy (non-hydrogen) atoms. The lowest BCUT2D eigenvalue weighted by atomic mass is 9.99. The van der Waals surface area contributed by atoms with Crippen molar-refractivity contribution in [3.8, 4) is 0 Å². The number of ketones is 1. The highest BCUT2D eigenvalue weighted by Crippen LogP contribution is 2.18. The molecule has 0 fully saturated rings. The second-order valence-electron chi connectivity index (χ2n) is 4.87. The zero-order valence-corrected chi connectivity index (χ0v) is 11.4. The predicted octanol–water partition coefficient (Wildman–Crippen LogP) is 2.60. The van der Waals surface area contributed by atoms with Crippen molar-refractivity contribution in [1.29, 1.82) is 0 Å². The lowest BCUT2D eigenvalue weighted by Crippen LogP contribution is -2.24. The van der Waals surface area contributed by atoms with Crippen LogP contribution in [0.1, 0.15) is 49.8 Å². The fraction of sp³-hybridized carbons (Fsp3) is 0.692. The van der Waals surface area contributed by atoms with Crippen LogP contribution in [0.25, 0.3) is 0 Å². The zero-order chi connectivity index (χ0) is 13.1. The van der Waals surface area contributed by atoms with Crippen LogP contribution in [-0.2, 0) is 11.3 Å². The maximum Gasteiger partial charge on any atom is 0.180 e. The summed E-state index contributed by atoms with van der Waals surface area (Å²) in [5.41, 5.74) is 1.35. The van der Waals surface area contributed by atoms with E-state index in [0.717, 1.165) is 18.7 Å². The fourth-order valence-electron chi connectivity index (χ4n) is 1.66. The van der Waals surface area contributed by atoms with Gasteiger partial charge in [0.25, 0.3) is 0 Å². The van der Waals surface area contributed by atoms with E-state index >= 15 is 0 Å². The topological polar surface area (TPSA) is 44.1 Å². The summed E-state index contributed by atoms with van der Waals surface area (Å²) in [7, 11) is 1.67. The summed E-state index contributed by atoms with van der Waals surface area (Å²) in [4.78, 5) is 12.1. The summed E-state index contributed by atoms with van der Waals surface area (Å²) < 4.78 is 7.07. The molecule has 0 aromatic carbocycles. The predicted molar refractivity (Wildman–Crippen MR) is 67.3 cm³/mol. The van der Waals surface area contributed by atoms with E-state index in [4.69, 9.17) is 4.74 Å². The highest BCUT2D eigenvalue weighted by molar-refractivity contribution is 5.94. The largest absolute Gasteiger partial charge is 0.379 e. The second kappa shape index (κ2) is 5.45. The Labute approximate surface area is 103 Å². The third-order valence-electron chi connectivity index (χ3n) is 2.99. The first-order valence-electron chi connectivity index (χ1n) is 6.02. The number of carbonyl (C=O) groups is 1. The minimum atomic E-state index is -0.248. The quantitative estimate of drug-likeness (QED) is 0.715. The first kappa shape index (κ1) is 13.9. The van der Waals surface area contributed by atoms with Gasteiger partial charge < -0.3 is 4.74 Å². The van der Waals surface area contributed by atoms with Crippen LogP contribution in [0.15, 0.2) is 6.07 Å². The number of ether oxygens (including phenoxy) is 1. The Bertz CT molecular complexity index is 394. The van der Waals surface area contributed by atoms with E-state index in [1.165, 1.54) is 0 Å². The van der Waals surface area contributed by atoms with E-state index < -0.39 is 0 Å². The SMILES string of the molecule is CCn1nc(C)cc1C(=O)CCC(C)(C)OC. The lowest BCUT2D eigenvalue weighted by Gasteiger charge is -2.22. The molecule has 0 spiro atoms. The van der Waals surface area contributed by atoms with Crippen LogP contribution in [0.5, 0.6) is 0 Å². The number of methoxy groups -OCH3 is 1. The molecule has 0 radical (unpaired) electrons. The van der Waals surface area contributed by atoms with Crippen molar-refractivity contribution >= 4 is 5.78 Å². The third kappa shape index (κ3) is 3.66. The summed E-state index contributed by atoms with van der Waals surface area (Å²) in [6.45, 7) is 8.60. The summed E-state index contributed by atoms with van der Waals surface area (Å²) in [6.07, 6.45) is 1.21. The number of hydrogen-bond acceptors (Lipinski definition) is 3. The maximum atomic E-state index is 12.1. The average Bonchev–Trinajstić information content (AvgIpc) is 2.67. The van der Waals surface area contributed by atoms with E-state index in [0.29, 0.717) is 12.1 Å². The van der Waals surface area contributed by atoms with Crippen LogP contribution in [0.2, 0.25) is 0 Å². The van der Waals surface area contributed by atoms with Gasteiger partial charge >= 0.3 is 0 Å². The number of carbonyl (C=O) groups excluding carboxylic acids is 1. The molecule has 4 heteroatoms. The van der Waals surface area contributed by atoms with Crippen molar-refractivity contribution in [2.24, 2.45) is 0 Å². The highest BCUT2D eigenvalue weighted by atomic mass is 16.5. The van der Waals surface area contributed by atoms with Gasteiger partial charge in [-0.25, -0.2) is 0 Å². The van der Waals surface area contributed by atoms with Crippen LogP contribution in [0, 0.1) is 6.92 Å².